The lowest BCUT2D eigenvalue weighted by molar-refractivity contribution is 0.414. The van der Waals surface area contributed by atoms with Gasteiger partial charge in [-0.15, -0.1) is 11.6 Å². The largest absolute Gasteiger partial charge is 0.497 e. The van der Waals surface area contributed by atoms with Crippen LogP contribution in [0.25, 0.3) is 11.1 Å². The summed E-state index contributed by atoms with van der Waals surface area (Å²) in [6.45, 7) is 8.29. The van der Waals surface area contributed by atoms with Gasteiger partial charge >= 0.3 is 0 Å². The second kappa shape index (κ2) is 6.29. The average molecular weight is 321 g/mol. The van der Waals surface area contributed by atoms with Crippen LogP contribution in [0, 0.1) is 5.82 Å². The Kier molecular flexibility index (Phi) is 4.81. The Morgan fingerprint density at radius 1 is 1.05 bits per heavy atom. The van der Waals surface area contributed by atoms with Crippen LogP contribution >= 0.6 is 11.6 Å². The Labute approximate surface area is 137 Å². The molecule has 3 heteroatoms. The molecule has 0 aromatic heterocycles. The summed E-state index contributed by atoms with van der Waals surface area (Å²) in [4.78, 5) is 0. The fourth-order valence-corrected chi connectivity index (χ4v) is 2.64. The van der Waals surface area contributed by atoms with E-state index in [1.54, 1.807) is 19.2 Å². The molecule has 118 valence electrons. The summed E-state index contributed by atoms with van der Waals surface area (Å²) in [6, 6.07) is 10.8. The van der Waals surface area contributed by atoms with Gasteiger partial charge in [0.15, 0.2) is 0 Å². The predicted molar refractivity (Wildman–Crippen MR) is 91.4 cm³/mol. The van der Waals surface area contributed by atoms with E-state index in [-0.39, 0.29) is 16.6 Å². The van der Waals surface area contributed by atoms with Crippen LogP contribution in [0.1, 0.15) is 44.2 Å². The molecule has 0 radical (unpaired) electrons. The first-order valence-electron chi connectivity index (χ1n) is 7.36. The second-order valence-corrected chi connectivity index (χ2v) is 7.17. The van der Waals surface area contributed by atoms with Crippen LogP contribution in [0.15, 0.2) is 36.4 Å². The number of hydrogen-bond acceptors (Lipinski definition) is 1. The molecule has 0 bridgehead atoms. The molecule has 0 aliphatic heterocycles. The standard InChI is InChI=1S/C19H22ClFO/c1-12(20)13-6-8-15(17(10-13)19(2,3)4)16-11-14(22-5)7-9-18(16)21/h6-12H,1-5H3/t12-/m0/s1. The minimum atomic E-state index is -0.252. The molecule has 0 spiro atoms. The van der Waals surface area contributed by atoms with Gasteiger partial charge in [-0.05, 0) is 47.2 Å². The van der Waals surface area contributed by atoms with Crippen LogP contribution in [0.4, 0.5) is 4.39 Å². The van der Waals surface area contributed by atoms with E-state index in [0.29, 0.717) is 11.3 Å². The lowest BCUT2D eigenvalue weighted by atomic mass is 9.80. The summed E-state index contributed by atoms with van der Waals surface area (Å²) in [6.07, 6.45) is 0. The van der Waals surface area contributed by atoms with Crippen molar-refractivity contribution >= 4 is 11.6 Å². The molecule has 2 aromatic carbocycles. The van der Waals surface area contributed by atoms with Gasteiger partial charge in [0.1, 0.15) is 11.6 Å². The first-order valence-corrected chi connectivity index (χ1v) is 7.80. The Morgan fingerprint density at radius 2 is 1.73 bits per heavy atom. The third-order valence-electron chi connectivity index (χ3n) is 3.77. The molecular formula is C19H22ClFO. The summed E-state index contributed by atoms with van der Waals surface area (Å²) < 4.78 is 19.6. The average Bonchev–Trinajstić information content (AvgIpc) is 2.46. The summed E-state index contributed by atoms with van der Waals surface area (Å²) >= 11 is 6.21. The molecule has 0 N–H and O–H groups in total. The first kappa shape index (κ1) is 16.8. The predicted octanol–water partition coefficient (Wildman–Crippen LogP) is 6.10. The first-order chi connectivity index (χ1) is 10.2. The van der Waals surface area contributed by atoms with Crippen LogP contribution in [0.2, 0.25) is 0 Å². The maximum absolute atomic E-state index is 14.3. The molecule has 0 fully saturated rings. The van der Waals surface area contributed by atoms with Gasteiger partial charge in [0.2, 0.25) is 0 Å². The van der Waals surface area contributed by atoms with E-state index in [0.717, 1.165) is 16.7 Å². The van der Waals surface area contributed by atoms with Gasteiger partial charge in [-0.1, -0.05) is 39.0 Å². The molecule has 0 amide bonds. The van der Waals surface area contributed by atoms with E-state index < -0.39 is 0 Å². The van der Waals surface area contributed by atoms with Gasteiger partial charge < -0.3 is 4.74 Å². The highest BCUT2D eigenvalue weighted by molar-refractivity contribution is 6.20. The van der Waals surface area contributed by atoms with Gasteiger partial charge in [0.05, 0.1) is 12.5 Å². The highest BCUT2D eigenvalue weighted by Gasteiger charge is 2.22. The number of rotatable bonds is 3. The Bertz CT molecular complexity index is 672. The molecule has 2 aromatic rings. The molecule has 2 rings (SSSR count). The number of halogens is 2. The zero-order valence-electron chi connectivity index (χ0n) is 13.7. The molecule has 0 aliphatic carbocycles. The minimum Gasteiger partial charge on any atom is -0.497 e. The zero-order valence-corrected chi connectivity index (χ0v) is 14.5. The summed E-state index contributed by atoms with van der Waals surface area (Å²) in [7, 11) is 1.58. The van der Waals surface area contributed by atoms with Crippen molar-refractivity contribution in [1.29, 1.82) is 0 Å². The summed E-state index contributed by atoms with van der Waals surface area (Å²) in [5, 5.41) is -0.0784. The fraction of sp³-hybridized carbons (Fsp3) is 0.368. The molecule has 0 aliphatic rings. The van der Waals surface area contributed by atoms with E-state index in [2.05, 4.69) is 26.8 Å². The lowest BCUT2D eigenvalue weighted by Crippen LogP contribution is -2.14. The lowest BCUT2D eigenvalue weighted by Gasteiger charge is -2.25. The van der Waals surface area contributed by atoms with Crippen molar-refractivity contribution in [3.63, 3.8) is 0 Å². The third kappa shape index (κ3) is 3.44. The van der Waals surface area contributed by atoms with Gasteiger partial charge in [-0.3, -0.25) is 0 Å². The van der Waals surface area contributed by atoms with Gasteiger partial charge in [0, 0.05) is 5.56 Å². The van der Waals surface area contributed by atoms with Crippen molar-refractivity contribution in [2.75, 3.05) is 7.11 Å². The van der Waals surface area contributed by atoms with Crippen molar-refractivity contribution in [3.8, 4) is 16.9 Å². The van der Waals surface area contributed by atoms with E-state index in [1.807, 2.05) is 19.1 Å². The van der Waals surface area contributed by atoms with Crippen LogP contribution < -0.4 is 4.74 Å². The molecule has 22 heavy (non-hydrogen) atoms. The molecule has 1 atom stereocenters. The summed E-state index contributed by atoms with van der Waals surface area (Å²) in [5.74, 6) is 0.393. The van der Waals surface area contributed by atoms with Gasteiger partial charge in [-0.25, -0.2) is 4.39 Å². The van der Waals surface area contributed by atoms with Crippen molar-refractivity contribution in [2.45, 2.75) is 38.5 Å². The van der Waals surface area contributed by atoms with Crippen molar-refractivity contribution in [2.24, 2.45) is 0 Å². The molecule has 0 saturated carbocycles. The molecular weight excluding hydrogens is 299 g/mol. The van der Waals surface area contributed by atoms with Crippen LogP contribution in [0.3, 0.4) is 0 Å². The highest BCUT2D eigenvalue weighted by atomic mass is 35.5. The van der Waals surface area contributed by atoms with Crippen molar-refractivity contribution < 1.29 is 9.13 Å². The monoisotopic (exact) mass is 320 g/mol. The van der Waals surface area contributed by atoms with Crippen molar-refractivity contribution in [1.82, 2.24) is 0 Å². The number of alkyl halides is 1. The smallest absolute Gasteiger partial charge is 0.131 e. The van der Waals surface area contributed by atoms with E-state index in [9.17, 15) is 4.39 Å². The maximum Gasteiger partial charge on any atom is 0.131 e. The molecule has 0 heterocycles. The highest BCUT2D eigenvalue weighted by Crippen LogP contribution is 2.38. The maximum atomic E-state index is 14.3. The Morgan fingerprint density at radius 3 is 2.27 bits per heavy atom. The minimum absolute atomic E-state index is 0.0784. The zero-order chi connectivity index (χ0) is 16.5. The Hall–Kier alpha value is -1.54. The number of methoxy groups -OCH3 is 1. The third-order valence-corrected chi connectivity index (χ3v) is 4.03. The number of benzene rings is 2. The van der Waals surface area contributed by atoms with Crippen LogP contribution in [0.5, 0.6) is 5.75 Å². The quantitative estimate of drug-likeness (QED) is 0.621. The Balaban J connectivity index is 2.70. The normalized spacial score (nSPS) is 13.0. The van der Waals surface area contributed by atoms with Crippen LogP contribution in [-0.2, 0) is 5.41 Å². The molecule has 1 nitrogen and oxygen atoms in total. The van der Waals surface area contributed by atoms with Crippen LogP contribution in [-0.4, -0.2) is 7.11 Å². The van der Waals surface area contributed by atoms with Gasteiger partial charge in [-0.2, -0.15) is 0 Å². The van der Waals surface area contributed by atoms with Gasteiger partial charge in [0.25, 0.3) is 0 Å². The van der Waals surface area contributed by atoms with E-state index in [4.69, 9.17) is 16.3 Å². The fourth-order valence-electron chi connectivity index (χ4n) is 2.50. The number of hydrogen-bond donors (Lipinski definition) is 0. The molecule has 0 saturated heterocycles. The summed E-state index contributed by atoms with van der Waals surface area (Å²) in [5.41, 5.74) is 3.43. The second-order valence-electron chi connectivity index (χ2n) is 6.52. The van der Waals surface area contributed by atoms with E-state index in [1.165, 1.54) is 6.07 Å². The molecule has 0 unspecified atom stereocenters. The van der Waals surface area contributed by atoms with Crippen molar-refractivity contribution in [3.05, 3.63) is 53.3 Å². The van der Waals surface area contributed by atoms with E-state index >= 15 is 0 Å². The number of ether oxygens (including phenoxy) is 1. The topological polar surface area (TPSA) is 9.23 Å². The SMILES string of the molecule is COc1ccc(F)c(-c2ccc([C@H](C)Cl)cc2C(C)(C)C)c1.